The van der Waals surface area contributed by atoms with Crippen LogP contribution in [-0.2, 0) is 0 Å². The Morgan fingerprint density at radius 1 is 1.40 bits per heavy atom. The molecule has 4 heteroatoms. The van der Waals surface area contributed by atoms with Crippen LogP contribution >= 0.6 is 11.6 Å². The van der Waals surface area contributed by atoms with Crippen LogP contribution < -0.4 is 18.9 Å². The molecule has 0 aromatic heterocycles. The van der Waals surface area contributed by atoms with E-state index < -0.39 is 5.88 Å². The summed E-state index contributed by atoms with van der Waals surface area (Å²) in [6.45, 7) is 0. The molecule has 26 valence electrons. The molecule has 0 saturated carbocycles. The first-order valence-electron chi connectivity index (χ1n) is 0.567. The van der Waals surface area contributed by atoms with Crippen molar-refractivity contribution in [1.29, 1.82) is 0 Å². The van der Waals surface area contributed by atoms with E-state index in [-0.39, 0.29) is 18.9 Å². The van der Waals surface area contributed by atoms with Crippen molar-refractivity contribution in [3.05, 3.63) is 5.88 Å². The third-order valence-electron chi connectivity index (χ3n) is 0. The third kappa shape index (κ3) is 64.1. The van der Waals surface area contributed by atoms with Gasteiger partial charge in [-0.2, -0.15) is 0 Å². The number of rotatable bonds is 0. The Labute approximate surface area is 45.7 Å². The van der Waals surface area contributed by atoms with Gasteiger partial charge in [-0.05, 0) is 0 Å². The molecular weight excluding hydrogens is 92.4 g/mol. The summed E-state index contributed by atoms with van der Waals surface area (Å²) in [7, 11) is 0. The van der Waals surface area contributed by atoms with Gasteiger partial charge in [-0.1, -0.05) is 0 Å². The zero-order chi connectivity index (χ0) is 3.58. The minimum atomic E-state index is -2.11. The second kappa shape index (κ2) is 4.75. The molecule has 0 nitrogen and oxygen atoms in total. The summed E-state index contributed by atoms with van der Waals surface area (Å²) in [5.41, 5.74) is 0. The molecule has 0 amide bonds. The first-order valence-corrected chi connectivity index (χ1v) is 0.945. The van der Waals surface area contributed by atoms with Crippen molar-refractivity contribution in [2.24, 2.45) is 0 Å². The molecule has 0 bridgehead atoms. The fourth-order valence-corrected chi connectivity index (χ4v) is 0. The van der Waals surface area contributed by atoms with Gasteiger partial charge in [-0.15, -0.1) is 0 Å². The quantitative estimate of drug-likeness (QED) is 0.255. The van der Waals surface area contributed by atoms with Crippen LogP contribution in [0.3, 0.4) is 0 Å². The first kappa shape index (κ1) is 9.22. The van der Waals surface area contributed by atoms with Crippen molar-refractivity contribution >= 4 is 11.6 Å². The molecule has 0 spiro atoms. The van der Waals surface area contributed by atoms with Crippen LogP contribution in [0.5, 0.6) is 0 Å². The predicted octanol–water partition coefficient (Wildman–Crippen LogP) is -1.38. The number of halogens is 3. The smallest absolute Gasteiger partial charge is 0.404 e. The SMILES string of the molecule is F[C-](F)Cl.[Li+]. The average molecular weight is 92.4 g/mol. The van der Waals surface area contributed by atoms with Crippen molar-refractivity contribution in [2.45, 2.75) is 0 Å². The summed E-state index contributed by atoms with van der Waals surface area (Å²) in [6, 6.07) is 0. The fraction of sp³-hybridized carbons (Fsp3) is 0. The molecule has 0 unspecified atom stereocenters. The van der Waals surface area contributed by atoms with Crippen molar-refractivity contribution in [3.8, 4) is 0 Å². The summed E-state index contributed by atoms with van der Waals surface area (Å²) in [4.78, 5) is 0. The van der Waals surface area contributed by atoms with E-state index in [0.717, 1.165) is 0 Å². The van der Waals surface area contributed by atoms with E-state index in [2.05, 4.69) is 11.6 Å². The van der Waals surface area contributed by atoms with E-state index in [1.165, 1.54) is 0 Å². The van der Waals surface area contributed by atoms with Gasteiger partial charge in [-0.3, -0.25) is 11.6 Å². The number of hydrogen-bond donors (Lipinski definition) is 0. The summed E-state index contributed by atoms with van der Waals surface area (Å²) in [5.74, 6) is -2.11. The standard InChI is InChI=1S/CClF2.Li/c2-1(3)4;/q-1;+1. The third-order valence-corrected chi connectivity index (χ3v) is 0. The van der Waals surface area contributed by atoms with Gasteiger partial charge < -0.3 is 8.78 Å². The zero-order valence-corrected chi connectivity index (χ0v) is 3.39. The summed E-state index contributed by atoms with van der Waals surface area (Å²) < 4.78 is 20.0. The molecule has 0 aliphatic rings. The molecule has 0 aliphatic carbocycles. The molecule has 5 heavy (non-hydrogen) atoms. The van der Waals surface area contributed by atoms with Crippen LogP contribution in [0.4, 0.5) is 8.78 Å². The van der Waals surface area contributed by atoms with Crippen molar-refractivity contribution in [3.63, 3.8) is 0 Å². The molecule has 0 heterocycles. The first-order chi connectivity index (χ1) is 1.73. The molecule has 0 aromatic rings. The van der Waals surface area contributed by atoms with Gasteiger partial charge in [-0.25, -0.2) is 0 Å². The van der Waals surface area contributed by atoms with E-state index in [1.54, 1.807) is 0 Å². The van der Waals surface area contributed by atoms with Crippen LogP contribution in [-0.4, -0.2) is 0 Å². The van der Waals surface area contributed by atoms with Gasteiger partial charge in [0, 0.05) is 0 Å². The topological polar surface area (TPSA) is 0 Å². The zero-order valence-electron chi connectivity index (χ0n) is 2.63. The average Bonchev–Trinajstić information content (AvgIpc) is 0.811. The Morgan fingerprint density at radius 3 is 1.40 bits per heavy atom. The van der Waals surface area contributed by atoms with Crippen LogP contribution in [0.25, 0.3) is 0 Å². The normalized spacial score (nSPS) is 7.20. The second-order valence-electron chi connectivity index (χ2n) is 0.214. The van der Waals surface area contributed by atoms with Gasteiger partial charge in [0.25, 0.3) is 0 Å². The second-order valence-corrected chi connectivity index (χ2v) is 0.500. The van der Waals surface area contributed by atoms with Crippen LogP contribution in [0.1, 0.15) is 0 Å². The maximum Gasteiger partial charge on any atom is 1.00 e. The van der Waals surface area contributed by atoms with Gasteiger partial charge in [0.15, 0.2) is 0 Å². The minimum Gasteiger partial charge on any atom is -0.404 e. The van der Waals surface area contributed by atoms with E-state index in [4.69, 9.17) is 0 Å². The Kier molecular flexibility index (Phi) is 8.76. The van der Waals surface area contributed by atoms with Crippen LogP contribution in [0.15, 0.2) is 0 Å². The van der Waals surface area contributed by atoms with Crippen molar-refractivity contribution < 1.29 is 27.6 Å². The van der Waals surface area contributed by atoms with Crippen LogP contribution in [0, 0.1) is 5.88 Å². The number of hydrogen-bond acceptors (Lipinski definition) is 0. The van der Waals surface area contributed by atoms with Crippen LogP contribution in [0.2, 0.25) is 0 Å². The molecule has 0 fully saturated rings. The van der Waals surface area contributed by atoms with E-state index in [0.29, 0.717) is 0 Å². The molecule has 0 aliphatic heterocycles. The van der Waals surface area contributed by atoms with E-state index in [9.17, 15) is 8.78 Å². The molecule has 0 rings (SSSR count). The minimum absolute atomic E-state index is 0. The molecular formula is CClF2Li. The Morgan fingerprint density at radius 2 is 1.40 bits per heavy atom. The van der Waals surface area contributed by atoms with Gasteiger partial charge in [0.05, 0.1) is 5.88 Å². The molecule has 0 atom stereocenters. The van der Waals surface area contributed by atoms with Gasteiger partial charge >= 0.3 is 18.9 Å². The maximum absolute atomic E-state index is 10.0. The summed E-state index contributed by atoms with van der Waals surface area (Å²) in [5, 5.41) is 0. The molecule has 0 aromatic carbocycles. The van der Waals surface area contributed by atoms with Crippen molar-refractivity contribution in [1.82, 2.24) is 0 Å². The van der Waals surface area contributed by atoms with E-state index in [1.807, 2.05) is 0 Å². The molecule has 0 saturated heterocycles. The summed E-state index contributed by atoms with van der Waals surface area (Å²) in [6.07, 6.45) is 0. The fourth-order valence-electron chi connectivity index (χ4n) is 0. The van der Waals surface area contributed by atoms with Gasteiger partial charge in [0.1, 0.15) is 0 Å². The maximum atomic E-state index is 10.0. The van der Waals surface area contributed by atoms with Gasteiger partial charge in [0.2, 0.25) is 0 Å². The Balaban J connectivity index is 0. The molecule has 0 radical (unpaired) electrons. The largest absolute Gasteiger partial charge is 1.00 e. The Bertz CT molecular complexity index is 14.4. The van der Waals surface area contributed by atoms with E-state index >= 15 is 0 Å². The monoisotopic (exact) mass is 92.0 g/mol. The Hall–Kier alpha value is 0.747. The summed E-state index contributed by atoms with van der Waals surface area (Å²) >= 11 is 3.86. The molecule has 0 N–H and O–H groups in total. The predicted molar refractivity (Wildman–Crippen MR) is 11.3 cm³/mol. The van der Waals surface area contributed by atoms with Crippen molar-refractivity contribution in [2.75, 3.05) is 0 Å².